The van der Waals surface area contributed by atoms with Gasteiger partial charge in [-0.25, -0.2) is 4.39 Å². The molecule has 1 aromatic rings. The lowest BCUT2D eigenvalue weighted by Gasteiger charge is -2.24. The van der Waals surface area contributed by atoms with Gasteiger partial charge in [0.05, 0.1) is 5.92 Å². The smallest absolute Gasteiger partial charge is 0.307 e. The maximum atomic E-state index is 13.2. The maximum absolute atomic E-state index is 13.2. The van der Waals surface area contributed by atoms with Crippen LogP contribution in [0.15, 0.2) is 24.3 Å². The van der Waals surface area contributed by atoms with Crippen molar-refractivity contribution in [2.24, 2.45) is 5.92 Å². The number of ether oxygens (including phenoxy) is 1. The molecule has 1 N–H and O–H groups in total. The lowest BCUT2D eigenvalue weighted by molar-refractivity contribution is -0.141. The van der Waals surface area contributed by atoms with Crippen molar-refractivity contribution in [3.63, 3.8) is 0 Å². The largest absolute Gasteiger partial charge is 0.481 e. The summed E-state index contributed by atoms with van der Waals surface area (Å²) < 4.78 is 18.2. The monoisotopic (exact) mass is 283 g/mol. The molecule has 0 heterocycles. The number of aliphatic carboxylic acids is 1. The fraction of sp³-hybridized carbons (Fsp3) is 0.533. The molecule has 4 nitrogen and oxygen atoms in total. The first-order chi connectivity index (χ1) is 9.52. The number of carboxylic acids is 1. The highest BCUT2D eigenvalue weighted by molar-refractivity contribution is 5.69. The van der Waals surface area contributed by atoms with Crippen molar-refractivity contribution >= 4 is 5.97 Å². The van der Waals surface area contributed by atoms with E-state index in [0.29, 0.717) is 19.7 Å². The van der Waals surface area contributed by atoms with E-state index < -0.39 is 11.9 Å². The first kappa shape index (κ1) is 16.6. The maximum Gasteiger partial charge on any atom is 0.307 e. The Kier molecular flexibility index (Phi) is 7.18. The number of nitrogens with zero attached hydrogens (tertiary/aromatic N) is 1. The first-order valence-electron chi connectivity index (χ1n) is 6.71. The zero-order valence-corrected chi connectivity index (χ0v) is 12.0. The Morgan fingerprint density at radius 1 is 1.50 bits per heavy atom. The summed E-state index contributed by atoms with van der Waals surface area (Å²) in [5.41, 5.74) is 0.847. The summed E-state index contributed by atoms with van der Waals surface area (Å²) in [4.78, 5) is 13.0. The van der Waals surface area contributed by atoms with Gasteiger partial charge in [0.15, 0.2) is 0 Å². The molecule has 0 aliphatic rings. The van der Waals surface area contributed by atoms with Crippen molar-refractivity contribution in [3.05, 3.63) is 35.6 Å². The van der Waals surface area contributed by atoms with E-state index in [1.54, 1.807) is 20.1 Å². The van der Waals surface area contributed by atoms with Crippen molar-refractivity contribution in [1.82, 2.24) is 4.90 Å². The van der Waals surface area contributed by atoms with Crippen molar-refractivity contribution in [2.75, 3.05) is 26.8 Å². The number of halogens is 1. The molecule has 0 saturated carbocycles. The summed E-state index contributed by atoms with van der Waals surface area (Å²) in [6.07, 6.45) is 0.818. The Morgan fingerprint density at radius 3 is 2.85 bits per heavy atom. The van der Waals surface area contributed by atoms with Crippen LogP contribution in [0.5, 0.6) is 0 Å². The van der Waals surface area contributed by atoms with Gasteiger partial charge in [0, 0.05) is 33.4 Å². The molecule has 1 aromatic carbocycles. The predicted molar refractivity (Wildman–Crippen MR) is 75.0 cm³/mol. The summed E-state index contributed by atoms with van der Waals surface area (Å²) >= 11 is 0. The van der Waals surface area contributed by atoms with Crippen LogP contribution in [-0.2, 0) is 16.1 Å². The summed E-state index contributed by atoms with van der Waals surface area (Å²) in [5, 5.41) is 9.00. The second-order valence-corrected chi connectivity index (χ2v) is 4.95. The molecule has 0 bridgehead atoms. The van der Waals surface area contributed by atoms with E-state index in [0.717, 1.165) is 18.5 Å². The Morgan fingerprint density at radius 2 is 2.25 bits per heavy atom. The third-order valence-electron chi connectivity index (χ3n) is 3.07. The Hall–Kier alpha value is -1.46. The van der Waals surface area contributed by atoms with Gasteiger partial charge < -0.3 is 9.84 Å². The number of rotatable bonds is 9. The average molecular weight is 283 g/mol. The molecule has 0 amide bonds. The summed E-state index contributed by atoms with van der Waals surface area (Å²) in [6, 6.07) is 6.39. The second-order valence-electron chi connectivity index (χ2n) is 4.95. The van der Waals surface area contributed by atoms with E-state index in [9.17, 15) is 9.18 Å². The molecule has 0 aliphatic heterocycles. The average Bonchev–Trinajstić information content (AvgIpc) is 2.38. The Bertz CT molecular complexity index is 425. The highest BCUT2D eigenvalue weighted by Crippen LogP contribution is 2.10. The van der Waals surface area contributed by atoms with Crippen LogP contribution in [0.4, 0.5) is 4.39 Å². The molecule has 1 rings (SSSR count). The molecular weight excluding hydrogens is 261 g/mol. The molecule has 5 heteroatoms. The van der Waals surface area contributed by atoms with Crippen LogP contribution in [0, 0.1) is 11.7 Å². The summed E-state index contributed by atoms with van der Waals surface area (Å²) in [6.45, 7) is 4.01. The standard InChI is InChI=1S/C15H22FNO3/c1-12(15(18)19)10-17(7-4-8-20-2)11-13-5-3-6-14(16)9-13/h3,5-6,9,12H,4,7-8,10-11H2,1-2H3,(H,18,19). The van der Waals surface area contributed by atoms with Crippen molar-refractivity contribution in [2.45, 2.75) is 19.9 Å². The van der Waals surface area contributed by atoms with Gasteiger partial charge >= 0.3 is 5.97 Å². The highest BCUT2D eigenvalue weighted by Gasteiger charge is 2.16. The SMILES string of the molecule is COCCCN(Cc1cccc(F)c1)CC(C)C(=O)O. The number of methoxy groups -OCH3 is 1. The topological polar surface area (TPSA) is 49.8 Å². The van der Waals surface area contributed by atoms with Crippen molar-refractivity contribution in [1.29, 1.82) is 0 Å². The van der Waals surface area contributed by atoms with Crippen LogP contribution in [0.3, 0.4) is 0 Å². The number of hydrogen-bond acceptors (Lipinski definition) is 3. The van der Waals surface area contributed by atoms with E-state index in [1.807, 2.05) is 11.0 Å². The normalized spacial score (nSPS) is 12.6. The van der Waals surface area contributed by atoms with Crippen LogP contribution in [-0.4, -0.2) is 42.8 Å². The van der Waals surface area contributed by atoms with Gasteiger partial charge in [0.1, 0.15) is 5.82 Å². The number of hydrogen-bond donors (Lipinski definition) is 1. The zero-order chi connectivity index (χ0) is 15.0. The van der Waals surface area contributed by atoms with E-state index in [1.165, 1.54) is 12.1 Å². The molecule has 0 aliphatic carbocycles. The van der Waals surface area contributed by atoms with Gasteiger partial charge in [-0.2, -0.15) is 0 Å². The minimum atomic E-state index is -0.819. The van der Waals surface area contributed by atoms with Crippen LogP contribution < -0.4 is 0 Å². The molecule has 20 heavy (non-hydrogen) atoms. The predicted octanol–water partition coefficient (Wildman–Crippen LogP) is 2.38. The van der Waals surface area contributed by atoms with Crippen molar-refractivity contribution in [3.8, 4) is 0 Å². The number of benzene rings is 1. The van der Waals surface area contributed by atoms with Crippen LogP contribution >= 0.6 is 0 Å². The van der Waals surface area contributed by atoms with Gasteiger partial charge in [-0.15, -0.1) is 0 Å². The third kappa shape index (κ3) is 6.12. The number of carboxylic acid groups (broad SMARTS) is 1. The van der Waals surface area contributed by atoms with Gasteiger partial charge in [0.25, 0.3) is 0 Å². The Labute approximate surface area is 119 Å². The minimum Gasteiger partial charge on any atom is -0.481 e. The lowest BCUT2D eigenvalue weighted by Crippen LogP contribution is -2.32. The molecule has 1 unspecified atom stereocenters. The minimum absolute atomic E-state index is 0.273. The Balaban J connectivity index is 2.63. The van der Waals surface area contributed by atoms with Crippen LogP contribution in [0.25, 0.3) is 0 Å². The zero-order valence-electron chi connectivity index (χ0n) is 12.0. The summed E-state index contributed by atoms with van der Waals surface area (Å²) in [7, 11) is 1.64. The van der Waals surface area contributed by atoms with Gasteiger partial charge in [0.2, 0.25) is 0 Å². The molecule has 0 spiro atoms. The first-order valence-corrected chi connectivity index (χ1v) is 6.71. The molecular formula is C15H22FNO3. The van der Waals surface area contributed by atoms with E-state index in [-0.39, 0.29) is 5.82 Å². The van der Waals surface area contributed by atoms with E-state index in [2.05, 4.69) is 0 Å². The fourth-order valence-electron chi connectivity index (χ4n) is 2.03. The molecule has 0 fully saturated rings. The lowest BCUT2D eigenvalue weighted by atomic mass is 10.1. The molecule has 0 radical (unpaired) electrons. The van der Waals surface area contributed by atoms with Gasteiger partial charge in [-0.05, 0) is 24.1 Å². The van der Waals surface area contributed by atoms with Gasteiger partial charge in [-0.1, -0.05) is 19.1 Å². The molecule has 112 valence electrons. The fourth-order valence-corrected chi connectivity index (χ4v) is 2.03. The molecule has 0 aromatic heterocycles. The molecule has 0 saturated heterocycles. The molecule has 1 atom stereocenters. The van der Waals surface area contributed by atoms with E-state index in [4.69, 9.17) is 9.84 Å². The third-order valence-corrected chi connectivity index (χ3v) is 3.07. The van der Waals surface area contributed by atoms with Crippen LogP contribution in [0.1, 0.15) is 18.9 Å². The van der Waals surface area contributed by atoms with Gasteiger partial charge in [-0.3, -0.25) is 9.69 Å². The second kappa shape index (κ2) is 8.66. The highest BCUT2D eigenvalue weighted by atomic mass is 19.1. The quantitative estimate of drug-likeness (QED) is 0.707. The van der Waals surface area contributed by atoms with Crippen molar-refractivity contribution < 1.29 is 19.0 Å². The number of carbonyl (C=O) groups is 1. The van der Waals surface area contributed by atoms with E-state index >= 15 is 0 Å². The van der Waals surface area contributed by atoms with Crippen LogP contribution in [0.2, 0.25) is 0 Å². The summed E-state index contributed by atoms with van der Waals surface area (Å²) in [5.74, 6) is -1.54.